The van der Waals surface area contributed by atoms with E-state index in [0.29, 0.717) is 5.92 Å². The lowest BCUT2D eigenvalue weighted by Gasteiger charge is -2.29. The molecule has 2 aromatic heterocycles. The Kier molecular flexibility index (Phi) is 3.30. The lowest BCUT2D eigenvalue weighted by molar-refractivity contribution is 0.462. The van der Waals surface area contributed by atoms with E-state index < -0.39 is 0 Å². The molecule has 0 saturated carbocycles. The molecule has 3 rings (SSSR count). The molecule has 0 aromatic carbocycles. The summed E-state index contributed by atoms with van der Waals surface area (Å²) in [5.41, 5.74) is 11.3. The van der Waals surface area contributed by atoms with E-state index in [1.165, 1.54) is 17.7 Å². The highest BCUT2D eigenvalue weighted by Crippen LogP contribution is 2.37. The highest BCUT2D eigenvalue weighted by molar-refractivity contribution is 5.31. The Bertz CT molecular complexity index is 580. The van der Waals surface area contributed by atoms with Gasteiger partial charge in [0.2, 0.25) is 0 Å². The molecule has 19 heavy (non-hydrogen) atoms. The summed E-state index contributed by atoms with van der Waals surface area (Å²) < 4.78 is 0. The summed E-state index contributed by atoms with van der Waals surface area (Å²) in [4.78, 5) is 8.82. The Morgan fingerprint density at radius 1 is 1.37 bits per heavy atom. The summed E-state index contributed by atoms with van der Waals surface area (Å²) in [6.07, 6.45) is 9.05. The van der Waals surface area contributed by atoms with Crippen LogP contribution in [-0.2, 0) is 6.42 Å². The van der Waals surface area contributed by atoms with Crippen LogP contribution in [-0.4, -0.2) is 9.97 Å². The second-order valence-electron chi connectivity index (χ2n) is 5.37. The third-order valence-corrected chi connectivity index (χ3v) is 3.95. The molecule has 2 N–H and O–H groups in total. The van der Waals surface area contributed by atoms with Gasteiger partial charge in [0.15, 0.2) is 0 Å². The maximum Gasteiger partial charge on any atom is 0.0485 e. The molecule has 98 valence electrons. The van der Waals surface area contributed by atoms with Crippen molar-refractivity contribution in [1.82, 2.24) is 9.97 Å². The van der Waals surface area contributed by atoms with Gasteiger partial charge in [-0.3, -0.25) is 9.97 Å². The molecule has 3 heteroatoms. The number of hydrogen-bond donors (Lipinski definition) is 1. The number of fused-ring (bicyclic) bond motifs is 1. The normalized spacial score (nSPS) is 19.8. The van der Waals surface area contributed by atoms with E-state index in [1.807, 2.05) is 24.7 Å². The average molecular weight is 253 g/mol. The molecule has 2 heterocycles. The molecule has 1 aliphatic carbocycles. The van der Waals surface area contributed by atoms with Crippen LogP contribution in [0.2, 0.25) is 0 Å². The smallest absolute Gasteiger partial charge is 0.0485 e. The Hall–Kier alpha value is -1.74. The molecule has 2 unspecified atom stereocenters. The van der Waals surface area contributed by atoms with Crippen LogP contribution in [0, 0.1) is 6.92 Å². The predicted octanol–water partition coefficient (Wildman–Crippen LogP) is 2.90. The highest BCUT2D eigenvalue weighted by atomic mass is 14.8. The summed E-state index contributed by atoms with van der Waals surface area (Å²) in [5, 5.41) is 0. The van der Waals surface area contributed by atoms with Gasteiger partial charge in [0, 0.05) is 36.2 Å². The largest absolute Gasteiger partial charge is 0.323 e. The highest BCUT2D eigenvalue weighted by Gasteiger charge is 2.27. The van der Waals surface area contributed by atoms with Gasteiger partial charge in [0.25, 0.3) is 0 Å². The Balaban J connectivity index is 1.95. The third-order valence-electron chi connectivity index (χ3n) is 3.95. The summed E-state index contributed by atoms with van der Waals surface area (Å²) in [6, 6.07) is 6.31. The van der Waals surface area contributed by atoms with Crippen LogP contribution in [0.4, 0.5) is 0 Å². The standard InChI is InChI=1S/C16H19N3/c1-11-8-13(10-18-9-11)15(17)14-6-2-4-12-5-3-7-19-16(12)14/h3,5,7-10,14-15H,2,4,6,17H2,1H3. The lowest BCUT2D eigenvalue weighted by Crippen LogP contribution is -2.24. The Morgan fingerprint density at radius 2 is 2.26 bits per heavy atom. The maximum absolute atomic E-state index is 6.47. The van der Waals surface area contributed by atoms with Crippen molar-refractivity contribution in [3.63, 3.8) is 0 Å². The maximum atomic E-state index is 6.47. The van der Waals surface area contributed by atoms with Crippen molar-refractivity contribution in [2.45, 2.75) is 38.1 Å². The van der Waals surface area contributed by atoms with Crippen LogP contribution in [0.25, 0.3) is 0 Å². The lowest BCUT2D eigenvalue weighted by atomic mass is 9.80. The summed E-state index contributed by atoms with van der Waals surface area (Å²) in [5.74, 6) is 0.313. The minimum Gasteiger partial charge on any atom is -0.323 e. The zero-order chi connectivity index (χ0) is 13.2. The summed E-state index contributed by atoms with van der Waals surface area (Å²) in [7, 11) is 0. The Morgan fingerprint density at radius 3 is 3.11 bits per heavy atom. The predicted molar refractivity (Wildman–Crippen MR) is 75.8 cm³/mol. The topological polar surface area (TPSA) is 51.8 Å². The number of nitrogens with two attached hydrogens (primary N) is 1. The Labute approximate surface area is 113 Å². The van der Waals surface area contributed by atoms with Crippen molar-refractivity contribution < 1.29 is 0 Å². The van der Waals surface area contributed by atoms with Gasteiger partial charge in [0.05, 0.1) is 0 Å². The van der Waals surface area contributed by atoms with Gasteiger partial charge < -0.3 is 5.73 Å². The van der Waals surface area contributed by atoms with Gasteiger partial charge in [-0.05, 0) is 48.9 Å². The molecule has 0 aliphatic heterocycles. The van der Waals surface area contributed by atoms with Gasteiger partial charge >= 0.3 is 0 Å². The fourth-order valence-corrected chi connectivity index (χ4v) is 2.99. The summed E-state index contributed by atoms with van der Waals surface area (Å²) >= 11 is 0. The van der Waals surface area contributed by atoms with Gasteiger partial charge in [-0.15, -0.1) is 0 Å². The number of pyridine rings is 2. The molecule has 1 aliphatic rings. The van der Waals surface area contributed by atoms with E-state index in [9.17, 15) is 0 Å². The summed E-state index contributed by atoms with van der Waals surface area (Å²) in [6.45, 7) is 2.05. The van der Waals surface area contributed by atoms with Gasteiger partial charge in [-0.1, -0.05) is 12.1 Å². The fourth-order valence-electron chi connectivity index (χ4n) is 2.99. The minimum atomic E-state index is -0.0126. The zero-order valence-electron chi connectivity index (χ0n) is 11.2. The second kappa shape index (κ2) is 5.10. The van der Waals surface area contributed by atoms with E-state index in [1.54, 1.807) is 0 Å². The number of nitrogens with zero attached hydrogens (tertiary/aromatic N) is 2. The number of aromatic nitrogens is 2. The quantitative estimate of drug-likeness (QED) is 0.895. The van der Waals surface area contributed by atoms with Crippen LogP contribution in [0.5, 0.6) is 0 Å². The first kappa shape index (κ1) is 12.3. The molecule has 0 fully saturated rings. The third kappa shape index (κ3) is 2.38. The molecule has 3 nitrogen and oxygen atoms in total. The number of hydrogen-bond acceptors (Lipinski definition) is 3. The van der Waals surface area contributed by atoms with Crippen LogP contribution in [0.15, 0.2) is 36.8 Å². The van der Waals surface area contributed by atoms with E-state index in [-0.39, 0.29) is 6.04 Å². The first-order valence-corrected chi connectivity index (χ1v) is 6.86. The van der Waals surface area contributed by atoms with Gasteiger partial charge in [0.1, 0.15) is 0 Å². The first-order valence-electron chi connectivity index (χ1n) is 6.86. The van der Waals surface area contributed by atoms with Crippen LogP contribution >= 0.6 is 0 Å². The molecule has 2 atom stereocenters. The number of aryl methyl sites for hydroxylation is 2. The zero-order valence-corrected chi connectivity index (χ0v) is 11.2. The molecule has 0 radical (unpaired) electrons. The second-order valence-corrected chi connectivity index (χ2v) is 5.37. The van der Waals surface area contributed by atoms with Crippen LogP contribution in [0.3, 0.4) is 0 Å². The van der Waals surface area contributed by atoms with Crippen molar-refractivity contribution in [2.24, 2.45) is 5.73 Å². The first-order chi connectivity index (χ1) is 9.25. The molecular formula is C16H19N3. The minimum absolute atomic E-state index is 0.0126. The SMILES string of the molecule is Cc1cncc(C(N)C2CCCc3cccnc32)c1. The van der Waals surface area contributed by atoms with E-state index in [2.05, 4.69) is 29.0 Å². The van der Waals surface area contributed by atoms with Crippen LogP contribution < -0.4 is 5.73 Å². The van der Waals surface area contributed by atoms with Crippen LogP contribution in [0.1, 0.15) is 47.2 Å². The average Bonchev–Trinajstić information content (AvgIpc) is 2.46. The van der Waals surface area contributed by atoms with Crippen molar-refractivity contribution >= 4 is 0 Å². The molecule has 0 saturated heterocycles. The molecule has 0 amide bonds. The monoisotopic (exact) mass is 253 g/mol. The van der Waals surface area contributed by atoms with Gasteiger partial charge in [-0.25, -0.2) is 0 Å². The van der Waals surface area contributed by atoms with Gasteiger partial charge in [-0.2, -0.15) is 0 Å². The van der Waals surface area contributed by atoms with Crippen molar-refractivity contribution in [3.8, 4) is 0 Å². The van der Waals surface area contributed by atoms with Crippen molar-refractivity contribution in [3.05, 3.63) is 59.2 Å². The molecule has 0 bridgehead atoms. The molecular weight excluding hydrogens is 234 g/mol. The van der Waals surface area contributed by atoms with Crippen molar-refractivity contribution in [1.29, 1.82) is 0 Å². The van der Waals surface area contributed by atoms with E-state index in [0.717, 1.165) is 24.0 Å². The number of rotatable bonds is 2. The van der Waals surface area contributed by atoms with E-state index in [4.69, 9.17) is 5.73 Å². The van der Waals surface area contributed by atoms with E-state index >= 15 is 0 Å². The fraction of sp³-hybridized carbons (Fsp3) is 0.375. The molecule has 2 aromatic rings. The molecule has 0 spiro atoms. The van der Waals surface area contributed by atoms with Crippen molar-refractivity contribution in [2.75, 3.05) is 0 Å².